The number of nitrogens with zero attached hydrogens (tertiary/aromatic N) is 5. The van der Waals surface area contributed by atoms with Gasteiger partial charge in [0, 0.05) is 23.5 Å². The summed E-state index contributed by atoms with van der Waals surface area (Å²) in [6.45, 7) is 7.29. The Kier molecular flexibility index (Phi) is 6.27. The molecule has 1 aliphatic rings. The van der Waals surface area contributed by atoms with Gasteiger partial charge >= 0.3 is 0 Å². The first-order chi connectivity index (χ1) is 17.2. The number of fused-ring (bicyclic) bond motifs is 1. The number of carbonyl (C=O) groups is 2. The molecule has 0 spiro atoms. The van der Waals surface area contributed by atoms with Crippen LogP contribution in [0.25, 0.3) is 15.3 Å². The quantitative estimate of drug-likeness (QED) is 0.376. The van der Waals surface area contributed by atoms with Gasteiger partial charge in [-0.25, -0.2) is 9.50 Å². The van der Waals surface area contributed by atoms with E-state index in [2.05, 4.69) is 44.4 Å². The Morgan fingerprint density at radius 1 is 1.17 bits per heavy atom. The third-order valence-electron chi connectivity index (χ3n) is 6.48. The van der Waals surface area contributed by atoms with Crippen LogP contribution in [0.2, 0.25) is 0 Å². The molecule has 2 N–H and O–H groups in total. The Morgan fingerprint density at radius 3 is 2.72 bits per heavy atom. The van der Waals surface area contributed by atoms with E-state index in [9.17, 15) is 14.0 Å². The fourth-order valence-corrected chi connectivity index (χ4v) is 5.39. The molecule has 36 heavy (non-hydrogen) atoms. The summed E-state index contributed by atoms with van der Waals surface area (Å²) in [5, 5.41) is 10.1. The Hall–Kier alpha value is -3.70. The summed E-state index contributed by atoms with van der Waals surface area (Å²) in [7, 11) is 0. The molecule has 1 aliphatic heterocycles. The number of halogens is 1. The zero-order valence-electron chi connectivity index (χ0n) is 20.2. The number of rotatable bonds is 6. The van der Waals surface area contributed by atoms with Crippen LogP contribution in [-0.2, 0) is 4.79 Å². The lowest BCUT2D eigenvalue weighted by molar-refractivity contribution is -0.118. The molecule has 9 nitrogen and oxygen atoms in total. The standard InChI is InChI=1S/C25H26FN7O2S/c1-15-19(9-17(11-27-15)30-22(34)14-32-8-4-7-25(32,2)3)31-23(35)18-12-29-33-13-20(36-24(18)33)16-5-6-21(26)28-10-16/h5-6,9-13H,4,7-8,14H2,1-3H3,(H,30,34)(H,31,35). The van der Waals surface area contributed by atoms with Gasteiger partial charge in [-0.15, -0.1) is 11.3 Å². The number of carbonyl (C=O) groups excluding carboxylic acids is 2. The first-order valence-electron chi connectivity index (χ1n) is 11.6. The SMILES string of the molecule is Cc1ncc(NC(=O)CN2CCCC2(C)C)cc1NC(=O)c1cnn2cc(-c3ccc(F)nc3)sc12. The molecule has 4 aromatic heterocycles. The molecule has 0 aliphatic carbocycles. The molecule has 186 valence electrons. The summed E-state index contributed by atoms with van der Waals surface area (Å²) in [5.74, 6) is -1.02. The Bertz CT molecular complexity index is 1440. The minimum atomic E-state index is -0.553. The number of hydrogen-bond acceptors (Lipinski definition) is 7. The van der Waals surface area contributed by atoms with Crippen molar-refractivity contribution >= 4 is 39.4 Å². The topological polar surface area (TPSA) is 105 Å². The second-order valence-electron chi connectivity index (χ2n) is 9.47. The van der Waals surface area contributed by atoms with E-state index in [-0.39, 0.29) is 17.4 Å². The second kappa shape index (κ2) is 9.40. The minimum absolute atomic E-state index is 0.00773. The van der Waals surface area contributed by atoms with E-state index in [1.165, 1.54) is 29.8 Å². The molecule has 0 radical (unpaired) electrons. The Morgan fingerprint density at radius 2 is 2.00 bits per heavy atom. The van der Waals surface area contributed by atoms with Gasteiger partial charge in [0.05, 0.1) is 46.4 Å². The number of nitrogens with one attached hydrogen (secondary N) is 2. The Balaban J connectivity index is 1.31. The second-order valence-corrected chi connectivity index (χ2v) is 10.5. The van der Waals surface area contributed by atoms with Gasteiger partial charge < -0.3 is 10.6 Å². The monoisotopic (exact) mass is 507 g/mol. The number of aromatic nitrogens is 4. The maximum Gasteiger partial charge on any atom is 0.260 e. The van der Waals surface area contributed by atoms with Crippen LogP contribution in [-0.4, -0.2) is 54.9 Å². The van der Waals surface area contributed by atoms with Gasteiger partial charge in [-0.1, -0.05) is 0 Å². The summed E-state index contributed by atoms with van der Waals surface area (Å²) < 4.78 is 14.8. The van der Waals surface area contributed by atoms with Gasteiger partial charge in [0.25, 0.3) is 5.91 Å². The first-order valence-corrected chi connectivity index (χ1v) is 12.4. The maximum atomic E-state index is 13.2. The normalized spacial score (nSPS) is 15.3. The first kappa shape index (κ1) is 24.0. The molecule has 1 saturated heterocycles. The highest BCUT2D eigenvalue weighted by molar-refractivity contribution is 7.21. The van der Waals surface area contributed by atoms with E-state index >= 15 is 0 Å². The number of pyridine rings is 2. The summed E-state index contributed by atoms with van der Waals surface area (Å²) in [4.78, 5) is 37.4. The van der Waals surface area contributed by atoms with Crippen molar-refractivity contribution in [2.75, 3.05) is 23.7 Å². The van der Waals surface area contributed by atoms with Gasteiger partial charge in [0.1, 0.15) is 4.83 Å². The number of amides is 2. The number of thiazole rings is 1. The van der Waals surface area contributed by atoms with Crippen molar-refractivity contribution in [3.8, 4) is 10.4 Å². The van der Waals surface area contributed by atoms with Crippen molar-refractivity contribution in [3.63, 3.8) is 0 Å². The highest BCUT2D eigenvalue weighted by atomic mass is 32.1. The number of likely N-dealkylation sites (tertiary alicyclic amines) is 1. The van der Waals surface area contributed by atoms with Crippen LogP contribution in [0.4, 0.5) is 15.8 Å². The summed E-state index contributed by atoms with van der Waals surface area (Å²) in [6, 6.07) is 4.63. The molecular weight excluding hydrogens is 481 g/mol. The average molecular weight is 508 g/mol. The van der Waals surface area contributed by atoms with E-state index in [0.29, 0.717) is 34.0 Å². The molecule has 11 heteroatoms. The number of hydrogen-bond donors (Lipinski definition) is 2. The van der Waals surface area contributed by atoms with E-state index in [4.69, 9.17) is 0 Å². The highest BCUT2D eigenvalue weighted by Gasteiger charge is 2.32. The molecule has 5 rings (SSSR count). The fourth-order valence-electron chi connectivity index (χ4n) is 4.34. The molecule has 5 heterocycles. The minimum Gasteiger partial charge on any atom is -0.324 e. The van der Waals surface area contributed by atoms with Crippen LogP contribution >= 0.6 is 11.3 Å². The van der Waals surface area contributed by atoms with Crippen molar-refractivity contribution in [2.24, 2.45) is 0 Å². The predicted molar refractivity (Wildman–Crippen MR) is 137 cm³/mol. The van der Waals surface area contributed by atoms with Crippen molar-refractivity contribution < 1.29 is 14.0 Å². The molecule has 0 saturated carbocycles. The van der Waals surface area contributed by atoms with Crippen molar-refractivity contribution in [1.29, 1.82) is 0 Å². The van der Waals surface area contributed by atoms with Crippen LogP contribution in [0.1, 0.15) is 42.7 Å². The number of anilines is 2. The third-order valence-corrected chi connectivity index (χ3v) is 7.64. The van der Waals surface area contributed by atoms with Crippen LogP contribution in [0.3, 0.4) is 0 Å². The maximum absolute atomic E-state index is 13.2. The molecular formula is C25H26FN7O2S. The Labute approximate surface area is 211 Å². The largest absolute Gasteiger partial charge is 0.324 e. The summed E-state index contributed by atoms with van der Waals surface area (Å²) in [5.41, 5.74) is 2.77. The summed E-state index contributed by atoms with van der Waals surface area (Å²) in [6.07, 6.45) is 8.45. The van der Waals surface area contributed by atoms with Gasteiger partial charge in [-0.2, -0.15) is 9.49 Å². The van der Waals surface area contributed by atoms with E-state index in [1.807, 2.05) is 0 Å². The molecule has 0 aromatic carbocycles. The van der Waals surface area contributed by atoms with Crippen molar-refractivity contribution in [2.45, 2.75) is 39.2 Å². The van der Waals surface area contributed by atoms with Crippen LogP contribution in [0.15, 0.2) is 43.0 Å². The van der Waals surface area contributed by atoms with Crippen molar-refractivity contribution in [3.05, 3.63) is 60.2 Å². The van der Waals surface area contributed by atoms with E-state index < -0.39 is 5.95 Å². The summed E-state index contributed by atoms with van der Waals surface area (Å²) >= 11 is 1.36. The highest BCUT2D eigenvalue weighted by Crippen LogP contribution is 2.31. The molecule has 0 unspecified atom stereocenters. The lowest BCUT2D eigenvalue weighted by atomic mass is 10.0. The van der Waals surface area contributed by atoms with E-state index in [1.54, 1.807) is 36.0 Å². The van der Waals surface area contributed by atoms with Gasteiger partial charge in [0.15, 0.2) is 0 Å². The molecule has 4 aromatic rings. The molecule has 1 fully saturated rings. The molecule has 2 amide bonds. The average Bonchev–Trinajstić information content (AvgIpc) is 3.51. The van der Waals surface area contributed by atoms with Crippen molar-refractivity contribution in [1.82, 2.24) is 24.5 Å². The van der Waals surface area contributed by atoms with Crippen LogP contribution in [0, 0.1) is 12.9 Å². The zero-order valence-corrected chi connectivity index (χ0v) is 21.0. The van der Waals surface area contributed by atoms with Gasteiger partial charge in [-0.05, 0) is 58.4 Å². The molecule has 0 bridgehead atoms. The van der Waals surface area contributed by atoms with Crippen LogP contribution < -0.4 is 10.6 Å². The predicted octanol–water partition coefficient (Wildman–Crippen LogP) is 4.37. The van der Waals surface area contributed by atoms with Gasteiger partial charge in [0.2, 0.25) is 11.9 Å². The lowest BCUT2D eigenvalue weighted by Gasteiger charge is -2.30. The van der Waals surface area contributed by atoms with Crippen LogP contribution in [0.5, 0.6) is 0 Å². The number of aryl methyl sites for hydroxylation is 1. The van der Waals surface area contributed by atoms with Gasteiger partial charge in [-0.3, -0.25) is 19.5 Å². The zero-order chi connectivity index (χ0) is 25.4. The third kappa shape index (κ3) is 4.84. The smallest absolute Gasteiger partial charge is 0.260 e. The fraction of sp³-hybridized carbons (Fsp3) is 0.320. The van der Waals surface area contributed by atoms with E-state index in [0.717, 1.165) is 29.8 Å². The molecule has 0 atom stereocenters. The lowest BCUT2D eigenvalue weighted by Crippen LogP contribution is -2.42.